The fourth-order valence-electron chi connectivity index (χ4n) is 3.41. The largest absolute Gasteiger partial charge is 0.468 e. The van der Waals surface area contributed by atoms with Crippen LogP contribution in [-0.4, -0.2) is 43.9 Å². The number of ether oxygens (including phenoxy) is 1. The lowest BCUT2D eigenvalue weighted by Crippen LogP contribution is -2.41. The molecular formula is C24H23FN6O4. The number of aromatic nitrogens is 5. The SMILES string of the molecule is CCC(C)(C(=O)Nc1ccnc(-c2cc(-c3ccon3)n(Cc3ccccc3F)n2)n1)C(=O)OC. The minimum Gasteiger partial charge on any atom is -0.468 e. The van der Waals surface area contributed by atoms with Crippen LogP contribution in [0.2, 0.25) is 0 Å². The topological polar surface area (TPSA) is 125 Å². The van der Waals surface area contributed by atoms with Gasteiger partial charge in [0.25, 0.3) is 0 Å². The number of hydrogen-bond donors (Lipinski definition) is 1. The zero-order chi connectivity index (χ0) is 25.0. The molecule has 3 aromatic heterocycles. The number of nitrogens with zero attached hydrogens (tertiary/aromatic N) is 5. The number of hydrogen-bond acceptors (Lipinski definition) is 8. The van der Waals surface area contributed by atoms with Gasteiger partial charge in [0.1, 0.15) is 34.7 Å². The normalized spacial score (nSPS) is 12.7. The van der Waals surface area contributed by atoms with Gasteiger partial charge in [0.2, 0.25) is 5.91 Å². The van der Waals surface area contributed by atoms with Gasteiger partial charge in [-0.1, -0.05) is 30.3 Å². The van der Waals surface area contributed by atoms with Gasteiger partial charge in [0.15, 0.2) is 5.82 Å². The first-order chi connectivity index (χ1) is 16.9. The number of nitrogens with one attached hydrogen (secondary N) is 1. The van der Waals surface area contributed by atoms with Crippen LogP contribution in [-0.2, 0) is 20.9 Å². The van der Waals surface area contributed by atoms with E-state index >= 15 is 0 Å². The highest BCUT2D eigenvalue weighted by molar-refractivity contribution is 6.08. The van der Waals surface area contributed by atoms with Crippen molar-refractivity contribution in [1.29, 1.82) is 0 Å². The number of anilines is 1. The van der Waals surface area contributed by atoms with Crippen molar-refractivity contribution >= 4 is 17.7 Å². The molecular weight excluding hydrogens is 455 g/mol. The Morgan fingerprint density at radius 2 is 2.00 bits per heavy atom. The Kier molecular flexibility index (Phi) is 6.67. The molecule has 0 bridgehead atoms. The number of carbonyl (C=O) groups is 2. The number of carbonyl (C=O) groups excluding carboxylic acids is 2. The molecule has 180 valence electrons. The van der Waals surface area contributed by atoms with E-state index in [-0.39, 0.29) is 30.4 Å². The number of esters is 1. The summed E-state index contributed by atoms with van der Waals surface area (Å²) in [4.78, 5) is 33.6. The van der Waals surface area contributed by atoms with Gasteiger partial charge in [-0.2, -0.15) is 5.10 Å². The van der Waals surface area contributed by atoms with Crippen molar-refractivity contribution < 1.29 is 23.2 Å². The second kappa shape index (κ2) is 9.84. The second-order valence-corrected chi connectivity index (χ2v) is 7.95. The van der Waals surface area contributed by atoms with E-state index in [0.29, 0.717) is 22.6 Å². The van der Waals surface area contributed by atoms with Crippen molar-refractivity contribution in [1.82, 2.24) is 24.9 Å². The molecule has 3 heterocycles. The van der Waals surface area contributed by atoms with Crippen LogP contribution >= 0.6 is 0 Å². The first kappa shape index (κ1) is 23.7. The highest BCUT2D eigenvalue weighted by Gasteiger charge is 2.40. The van der Waals surface area contributed by atoms with Crippen molar-refractivity contribution in [3.05, 3.63) is 66.3 Å². The number of methoxy groups -OCH3 is 1. The quantitative estimate of drug-likeness (QED) is 0.300. The zero-order valence-corrected chi connectivity index (χ0v) is 19.4. The molecule has 1 unspecified atom stereocenters. The number of amides is 1. The second-order valence-electron chi connectivity index (χ2n) is 7.95. The minimum absolute atomic E-state index is 0.138. The molecule has 1 atom stereocenters. The summed E-state index contributed by atoms with van der Waals surface area (Å²) in [5, 5.41) is 11.2. The highest BCUT2D eigenvalue weighted by atomic mass is 19.1. The lowest BCUT2D eigenvalue weighted by Gasteiger charge is -2.23. The molecule has 0 aliphatic heterocycles. The summed E-state index contributed by atoms with van der Waals surface area (Å²) in [5.74, 6) is -1.15. The maximum Gasteiger partial charge on any atom is 0.321 e. The molecule has 35 heavy (non-hydrogen) atoms. The molecule has 0 aliphatic carbocycles. The smallest absolute Gasteiger partial charge is 0.321 e. The van der Waals surface area contributed by atoms with Gasteiger partial charge in [0.05, 0.1) is 19.3 Å². The van der Waals surface area contributed by atoms with E-state index in [1.54, 1.807) is 41.9 Å². The maximum absolute atomic E-state index is 14.3. The first-order valence-corrected chi connectivity index (χ1v) is 10.8. The summed E-state index contributed by atoms with van der Waals surface area (Å²) < 4.78 is 25.6. The molecule has 0 spiro atoms. The Hall–Kier alpha value is -4.41. The van der Waals surface area contributed by atoms with Gasteiger partial charge in [-0.05, 0) is 31.5 Å². The van der Waals surface area contributed by atoms with E-state index in [1.165, 1.54) is 38.6 Å². The monoisotopic (exact) mass is 478 g/mol. The van der Waals surface area contributed by atoms with Crippen LogP contribution < -0.4 is 5.32 Å². The average molecular weight is 478 g/mol. The molecule has 10 nitrogen and oxygen atoms in total. The maximum atomic E-state index is 14.3. The van der Waals surface area contributed by atoms with Crippen molar-refractivity contribution in [3.63, 3.8) is 0 Å². The van der Waals surface area contributed by atoms with Crippen LogP contribution in [0.4, 0.5) is 10.2 Å². The Morgan fingerprint density at radius 3 is 2.69 bits per heavy atom. The Bertz CT molecular complexity index is 1350. The number of benzene rings is 1. The van der Waals surface area contributed by atoms with Gasteiger partial charge in [-0.3, -0.25) is 14.3 Å². The van der Waals surface area contributed by atoms with Crippen LogP contribution in [0.5, 0.6) is 0 Å². The molecule has 0 aliphatic rings. The predicted molar refractivity (Wildman–Crippen MR) is 123 cm³/mol. The summed E-state index contributed by atoms with van der Waals surface area (Å²) >= 11 is 0. The Balaban J connectivity index is 1.67. The standard InChI is InChI=1S/C24H23FN6O4/c1-4-24(2,23(33)34-3)22(32)28-20-9-11-26-21(27-20)18-13-19(17-10-12-35-30-17)31(29-18)14-15-7-5-6-8-16(15)25/h5-13H,4,14H2,1-3H3,(H,26,27,28,32). The van der Waals surface area contributed by atoms with Crippen molar-refractivity contribution in [2.75, 3.05) is 12.4 Å². The van der Waals surface area contributed by atoms with Crippen molar-refractivity contribution in [3.8, 4) is 22.9 Å². The van der Waals surface area contributed by atoms with Crippen LogP contribution in [0.1, 0.15) is 25.8 Å². The molecule has 1 aromatic carbocycles. The zero-order valence-electron chi connectivity index (χ0n) is 19.4. The summed E-state index contributed by atoms with van der Waals surface area (Å²) in [6.07, 6.45) is 3.13. The van der Waals surface area contributed by atoms with Gasteiger partial charge in [0, 0.05) is 17.8 Å². The van der Waals surface area contributed by atoms with Crippen LogP contribution in [0, 0.1) is 11.2 Å². The highest BCUT2D eigenvalue weighted by Crippen LogP contribution is 2.27. The van der Waals surface area contributed by atoms with Gasteiger partial charge >= 0.3 is 5.97 Å². The fourth-order valence-corrected chi connectivity index (χ4v) is 3.41. The average Bonchev–Trinajstić information content (AvgIpc) is 3.54. The molecule has 1 amide bonds. The van der Waals surface area contributed by atoms with E-state index in [4.69, 9.17) is 9.26 Å². The van der Waals surface area contributed by atoms with E-state index in [9.17, 15) is 14.0 Å². The van der Waals surface area contributed by atoms with E-state index in [2.05, 4.69) is 25.5 Å². The first-order valence-electron chi connectivity index (χ1n) is 10.8. The van der Waals surface area contributed by atoms with Gasteiger partial charge in [-0.25, -0.2) is 14.4 Å². The van der Waals surface area contributed by atoms with Crippen molar-refractivity contribution in [2.45, 2.75) is 26.8 Å². The molecule has 11 heteroatoms. The Labute approximate surface area is 200 Å². The lowest BCUT2D eigenvalue weighted by molar-refractivity contribution is -0.156. The van der Waals surface area contributed by atoms with Crippen LogP contribution in [0.3, 0.4) is 0 Å². The molecule has 4 aromatic rings. The fraction of sp³-hybridized carbons (Fsp3) is 0.250. The van der Waals surface area contributed by atoms with Gasteiger partial charge in [-0.15, -0.1) is 0 Å². The molecule has 0 saturated carbocycles. The van der Waals surface area contributed by atoms with E-state index < -0.39 is 17.3 Å². The number of rotatable bonds is 8. The summed E-state index contributed by atoms with van der Waals surface area (Å²) in [6.45, 7) is 3.36. The van der Waals surface area contributed by atoms with Gasteiger partial charge < -0.3 is 14.6 Å². The van der Waals surface area contributed by atoms with Crippen molar-refractivity contribution in [2.24, 2.45) is 5.41 Å². The third-order valence-electron chi connectivity index (χ3n) is 5.73. The molecule has 1 N–H and O–H groups in total. The minimum atomic E-state index is -1.37. The number of halogens is 1. The van der Waals surface area contributed by atoms with E-state index in [0.717, 1.165) is 0 Å². The Morgan fingerprint density at radius 1 is 1.20 bits per heavy atom. The lowest BCUT2D eigenvalue weighted by atomic mass is 9.86. The summed E-state index contributed by atoms with van der Waals surface area (Å²) in [7, 11) is 1.23. The van der Waals surface area contributed by atoms with Crippen LogP contribution in [0.15, 0.2) is 59.4 Å². The van der Waals surface area contributed by atoms with E-state index in [1.807, 2.05) is 0 Å². The summed E-state index contributed by atoms with van der Waals surface area (Å²) in [6, 6.07) is 11.3. The molecule has 0 saturated heterocycles. The third kappa shape index (κ3) is 4.79. The molecule has 0 fully saturated rings. The predicted octanol–water partition coefficient (Wildman–Crippen LogP) is 3.71. The van der Waals surface area contributed by atoms with Crippen LogP contribution in [0.25, 0.3) is 22.9 Å². The summed E-state index contributed by atoms with van der Waals surface area (Å²) in [5.41, 5.74) is 0.513. The third-order valence-corrected chi connectivity index (χ3v) is 5.73. The molecule has 4 rings (SSSR count). The molecule has 0 radical (unpaired) electrons.